The molecule has 122 valence electrons. The first-order chi connectivity index (χ1) is 11.2. The highest BCUT2D eigenvalue weighted by molar-refractivity contribution is 5.76. The number of hydrogen-bond donors (Lipinski definition) is 1. The summed E-state index contributed by atoms with van der Waals surface area (Å²) in [6, 6.07) is 8.33. The van der Waals surface area contributed by atoms with E-state index in [9.17, 15) is 4.79 Å². The van der Waals surface area contributed by atoms with Crippen LogP contribution in [-0.4, -0.2) is 44.7 Å². The number of carbonyl (C=O) groups is 1. The molecule has 3 rings (SSSR count). The lowest BCUT2D eigenvalue weighted by molar-refractivity contribution is -0.132. The maximum absolute atomic E-state index is 12.4. The SMILES string of the molecule is CC(CC(=O)N1CCC(Nc2cccnn2)CC1)n1cccc1. The Balaban J connectivity index is 1.46. The summed E-state index contributed by atoms with van der Waals surface area (Å²) in [4.78, 5) is 14.4. The number of anilines is 1. The number of aromatic nitrogens is 3. The van der Waals surface area contributed by atoms with Gasteiger partial charge in [-0.05, 0) is 44.0 Å². The highest BCUT2D eigenvalue weighted by Crippen LogP contribution is 2.18. The van der Waals surface area contributed by atoms with Gasteiger partial charge in [0.2, 0.25) is 5.91 Å². The standard InChI is InChI=1S/C17H23N5O/c1-14(21-9-2-3-10-21)13-17(23)22-11-6-15(7-12-22)19-16-5-4-8-18-20-16/h2-5,8-10,14-15H,6-7,11-13H2,1H3,(H,19,20). The summed E-state index contributed by atoms with van der Waals surface area (Å²) in [5.74, 6) is 1.04. The highest BCUT2D eigenvalue weighted by Gasteiger charge is 2.24. The van der Waals surface area contributed by atoms with Gasteiger partial charge in [-0.2, -0.15) is 5.10 Å². The Morgan fingerprint density at radius 1 is 1.30 bits per heavy atom. The zero-order chi connectivity index (χ0) is 16.1. The summed E-state index contributed by atoms with van der Waals surface area (Å²) in [6.07, 6.45) is 8.12. The van der Waals surface area contributed by atoms with Gasteiger partial charge < -0.3 is 14.8 Å². The number of piperidine rings is 1. The van der Waals surface area contributed by atoms with Crippen molar-refractivity contribution < 1.29 is 4.79 Å². The lowest BCUT2D eigenvalue weighted by atomic mass is 10.0. The Labute approximate surface area is 136 Å². The summed E-state index contributed by atoms with van der Waals surface area (Å²) in [6.45, 7) is 3.69. The molecule has 0 saturated carbocycles. The van der Waals surface area contributed by atoms with Gasteiger partial charge in [-0.1, -0.05) is 0 Å². The minimum Gasteiger partial charge on any atom is -0.366 e. The fourth-order valence-corrected chi connectivity index (χ4v) is 2.99. The minimum atomic E-state index is 0.202. The molecule has 0 aliphatic carbocycles. The van der Waals surface area contributed by atoms with Crippen molar-refractivity contribution in [3.63, 3.8) is 0 Å². The molecule has 0 radical (unpaired) electrons. The molecule has 2 aromatic rings. The lowest BCUT2D eigenvalue weighted by Crippen LogP contribution is -2.43. The van der Waals surface area contributed by atoms with E-state index in [0.717, 1.165) is 31.7 Å². The maximum Gasteiger partial charge on any atom is 0.224 e. The van der Waals surface area contributed by atoms with Crippen LogP contribution in [0.3, 0.4) is 0 Å². The van der Waals surface area contributed by atoms with Gasteiger partial charge in [-0.25, -0.2) is 0 Å². The Bertz CT molecular complexity index is 605. The topological polar surface area (TPSA) is 63.1 Å². The van der Waals surface area contributed by atoms with Crippen LogP contribution in [0.4, 0.5) is 5.82 Å². The Morgan fingerprint density at radius 2 is 2.04 bits per heavy atom. The van der Waals surface area contributed by atoms with Crippen LogP contribution in [0.1, 0.15) is 32.2 Å². The largest absolute Gasteiger partial charge is 0.366 e. The Hall–Kier alpha value is -2.37. The predicted molar refractivity (Wildman–Crippen MR) is 89.0 cm³/mol. The van der Waals surface area contributed by atoms with E-state index in [1.165, 1.54) is 0 Å². The van der Waals surface area contributed by atoms with Gasteiger partial charge in [-0.3, -0.25) is 4.79 Å². The molecule has 0 bridgehead atoms. The van der Waals surface area contributed by atoms with E-state index in [0.29, 0.717) is 12.5 Å². The van der Waals surface area contributed by atoms with Crippen molar-refractivity contribution in [2.24, 2.45) is 0 Å². The molecule has 0 aromatic carbocycles. The third-order valence-electron chi connectivity index (χ3n) is 4.38. The monoisotopic (exact) mass is 313 g/mol. The van der Waals surface area contributed by atoms with Crippen molar-refractivity contribution >= 4 is 11.7 Å². The average molecular weight is 313 g/mol. The van der Waals surface area contributed by atoms with Crippen molar-refractivity contribution in [2.45, 2.75) is 38.3 Å². The molecule has 23 heavy (non-hydrogen) atoms. The molecule has 1 saturated heterocycles. The molecular formula is C17H23N5O. The van der Waals surface area contributed by atoms with Crippen molar-refractivity contribution in [3.8, 4) is 0 Å². The van der Waals surface area contributed by atoms with E-state index < -0.39 is 0 Å². The van der Waals surface area contributed by atoms with E-state index in [1.807, 2.05) is 41.6 Å². The van der Waals surface area contributed by atoms with Gasteiger partial charge >= 0.3 is 0 Å². The minimum absolute atomic E-state index is 0.202. The van der Waals surface area contributed by atoms with Crippen LogP contribution in [0, 0.1) is 0 Å². The van der Waals surface area contributed by atoms with E-state index >= 15 is 0 Å². The molecule has 1 fully saturated rings. The highest BCUT2D eigenvalue weighted by atomic mass is 16.2. The van der Waals surface area contributed by atoms with Gasteiger partial charge in [0.15, 0.2) is 0 Å². The number of rotatable bonds is 5. The molecule has 1 atom stereocenters. The second kappa shape index (κ2) is 7.26. The molecule has 6 nitrogen and oxygen atoms in total. The number of likely N-dealkylation sites (tertiary alicyclic amines) is 1. The fourth-order valence-electron chi connectivity index (χ4n) is 2.99. The molecule has 1 N–H and O–H groups in total. The van der Waals surface area contributed by atoms with Crippen molar-refractivity contribution in [1.29, 1.82) is 0 Å². The third kappa shape index (κ3) is 4.09. The lowest BCUT2D eigenvalue weighted by Gasteiger charge is -2.33. The van der Waals surface area contributed by atoms with E-state index in [-0.39, 0.29) is 11.9 Å². The Kier molecular flexibility index (Phi) is 4.90. The summed E-state index contributed by atoms with van der Waals surface area (Å²) >= 11 is 0. The summed E-state index contributed by atoms with van der Waals surface area (Å²) in [5, 5.41) is 11.3. The first-order valence-corrected chi connectivity index (χ1v) is 8.17. The third-order valence-corrected chi connectivity index (χ3v) is 4.38. The first kappa shape index (κ1) is 15.5. The van der Waals surface area contributed by atoms with Crippen molar-refractivity contribution in [3.05, 3.63) is 42.9 Å². The second-order valence-electron chi connectivity index (χ2n) is 6.09. The molecule has 2 aromatic heterocycles. The molecule has 1 aliphatic heterocycles. The van der Waals surface area contributed by atoms with Crippen LogP contribution in [0.2, 0.25) is 0 Å². The Morgan fingerprint density at radius 3 is 2.70 bits per heavy atom. The van der Waals surface area contributed by atoms with Crippen molar-refractivity contribution in [1.82, 2.24) is 19.7 Å². The predicted octanol–water partition coefficient (Wildman–Crippen LogP) is 2.33. The quantitative estimate of drug-likeness (QED) is 0.920. The van der Waals surface area contributed by atoms with Crippen LogP contribution in [0.25, 0.3) is 0 Å². The maximum atomic E-state index is 12.4. The summed E-state index contributed by atoms with van der Waals surface area (Å²) < 4.78 is 2.08. The van der Waals surface area contributed by atoms with E-state index in [2.05, 4.69) is 27.0 Å². The molecule has 0 spiro atoms. The number of carbonyl (C=O) groups excluding carboxylic acids is 1. The smallest absolute Gasteiger partial charge is 0.224 e. The van der Waals surface area contributed by atoms with Crippen LogP contribution in [0.5, 0.6) is 0 Å². The first-order valence-electron chi connectivity index (χ1n) is 8.17. The van der Waals surface area contributed by atoms with Crippen LogP contribution < -0.4 is 5.32 Å². The number of hydrogen-bond acceptors (Lipinski definition) is 4. The number of nitrogens with zero attached hydrogens (tertiary/aromatic N) is 4. The fraction of sp³-hybridized carbons (Fsp3) is 0.471. The molecular weight excluding hydrogens is 290 g/mol. The number of nitrogens with one attached hydrogen (secondary N) is 1. The van der Waals surface area contributed by atoms with E-state index in [1.54, 1.807) is 6.20 Å². The summed E-state index contributed by atoms with van der Waals surface area (Å²) in [5.41, 5.74) is 0. The van der Waals surface area contributed by atoms with Crippen LogP contribution in [-0.2, 0) is 4.79 Å². The normalized spacial score (nSPS) is 17.0. The molecule has 3 heterocycles. The zero-order valence-corrected chi connectivity index (χ0v) is 13.4. The van der Waals surface area contributed by atoms with Gasteiger partial charge in [-0.15, -0.1) is 5.10 Å². The second-order valence-corrected chi connectivity index (χ2v) is 6.09. The van der Waals surface area contributed by atoms with Gasteiger partial charge in [0, 0.05) is 50.2 Å². The average Bonchev–Trinajstić information content (AvgIpc) is 3.11. The van der Waals surface area contributed by atoms with Gasteiger partial charge in [0.25, 0.3) is 0 Å². The van der Waals surface area contributed by atoms with Crippen LogP contribution >= 0.6 is 0 Å². The molecule has 1 aliphatic rings. The molecule has 1 amide bonds. The van der Waals surface area contributed by atoms with Gasteiger partial charge in [0.05, 0.1) is 0 Å². The molecule has 6 heteroatoms. The van der Waals surface area contributed by atoms with E-state index in [4.69, 9.17) is 0 Å². The van der Waals surface area contributed by atoms with Gasteiger partial charge in [0.1, 0.15) is 5.82 Å². The number of amides is 1. The molecule has 1 unspecified atom stereocenters. The van der Waals surface area contributed by atoms with Crippen LogP contribution in [0.15, 0.2) is 42.9 Å². The summed E-state index contributed by atoms with van der Waals surface area (Å²) in [7, 11) is 0. The zero-order valence-electron chi connectivity index (χ0n) is 13.4. The van der Waals surface area contributed by atoms with Crippen molar-refractivity contribution in [2.75, 3.05) is 18.4 Å².